The van der Waals surface area contributed by atoms with E-state index in [0.29, 0.717) is 36.5 Å². The molecule has 0 radical (unpaired) electrons. The summed E-state index contributed by atoms with van der Waals surface area (Å²) in [5.41, 5.74) is 11.1. The fraction of sp³-hybridized carbons (Fsp3) is 0.381. The molecule has 3 aromatic rings. The highest BCUT2D eigenvalue weighted by Crippen LogP contribution is 2.33. The Kier molecular flexibility index (Phi) is 5.72. The third kappa shape index (κ3) is 3.38. The summed E-state index contributed by atoms with van der Waals surface area (Å²) in [6.07, 6.45) is 0. The van der Waals surface area contributed by atoms with Crippen LogP contribution in [0.25, 0.3) is 5.65 Å². The van der Waals surface area contributed by atoms with E-state index < -0.39 is 0 Å². The SMILES string of the molecule is Cc1cc(C)n2nc(C)c(C(=O)N3C[C@@H](CN)[C@H](c4ccccc4)C3)c2n1.Cl. The first-order chi connectivity index (χ1) is 13.0. The van der Waals surface area contributed by atoms with Crippen molar-refractivity contribution in [3.8, 4) is 0 Å². The lowest BCUT2D eigenvalue weighted by Gasteiger charge is -2.16. The van der Waals surface area contributed by atoms with Gasteiger partial charge in [-0.25, -0.2) is 9.50 Å². The number of hydrogen-bond donors (Lipinski definition) is 1. The van der Waals surface area contributed by atoms with Crippen LogP contribution in [0.5, 0.6) is 0 Å². The standard InChI is InChI=1S/C21H25N5O.ClH/c1-13-9-14(2)26-20(23-13)19(15(3)24-26)21(27)25-11-17(10-22)18(12-25)16-7-5-4-6-8-16;/h4-9,17-18H,10-12,22H2,1-3H3;1H/t17-,18+;/m1./s1. The first-order valence-electron chi connectivity index (χ1n) is 9.37. The third-order valence-corrected chi connectivity index (χ3v) is 5.54. The second-order valence-corrected chi connectivity index (χ2v) is 7.46. The number of rotatable bonds is 3. The molecule has 1 aromatic carbocycles. The van der Waals surface area contributed by atoms with Crippen LogP contribution in [0, 0.1) is 26.7 Å². The third-order valence-electron chi connectivity index (χ3n) is 5.54. The monoisotopic (exact) mass is 399 g/mol. The average molecular weight is 400 g/mol. The first kappa shape index (κ1) is 20.3. The van der Waals surface area contributed by atoms with E-state index in [2.05, 4.69) is 22.2 Å². The molecule has 28 heavy (non-hydrogen) atoms. The molecule has 1 fully saturated rings. The number of aryl methyl sites for hydroxylation is 3. The Bertz CT molecular complexity index is 1000. The van der Waals surface area contributed by atoms with Crippen LogP contribution in [0.15, 0.2) is 36.4 Å². The van der Waals surface area contributed by atoms with Gasteiger partial charge >= 0.3 is 0 Å². The number of nitrogens with zero attached hydrogens (tertiary/aromatic N) is 4. The van der Waals surface area contributed by atoms with Gasteiger partial charge in [0.25, 0.3) is 5.91 Å². The van der Waals surface area contributed by atoms with Crippen LogP contribution in [0.4, 0.5) is 0 Å². The maximum Gasteiger partial charge on any atom is 0.259 e. The van der Waals surface area contributed by atoms with Gasteiger partial charge in [0.05, 0.1) is 5.69 Å². The predicted octanol–water partition coefficient (Wildman–Crippen LogP) is 2.89. The smallest absolute Gasteiger partial charge is 0.259 e. The average Bonchev–Trinajstić information content (AvgIpc) is 3.23. The molecule has 3 heterocycles. The number of fused-ring (bicyclic) bond motifs is 1. The number of halogens is 1. The van der Waals surface area contributed by atoms with E-state index >= 15 is 0 Å². The molecule has 148 valence electrons. The lowest BCUT2D eigenvalue weighted by Crippen LogP contribution is -2.30. The molecule has 2 aromatic heterocycles. The van der Waals surface area contributed by atoms with Gasteiger partial charge in [-0.1, -0.05) is 30.3 Å². The Labute approximate surface area is 171 Å². The molecule has 1 amide bonds. The zero-order valence-electron chi connectivity index (χ0n) is 16.4. The molecule has 0 bridgehead atoms. The number of likely N-dealkylation sites (tertiary alicyclic amines) is 1. The molecule has 2 N–H and O–H groups in total. The Balaban J connectivity index is 0.00000225. The molecule has 2 atom stereocenters. The van der Waals surface area contributed by atoms with Gasteiger partial charge < -0.3 is 10.6 Å². The van der Waals surface area contributed by atoms with Gasteiger partial charge in [0.1, 0.15) is 5.56 Å². The van der Waals surface area contributed by atoms with Crippen LogP contribution < -0.4 is 5.73 Å². The fourth-order valence-electron chi connectivity index (χ4n) is 4.19. The maximum atomic E-state index is 13.4. The summed E-state index contributed by atoms with van der Waals surface area (Å²) in [6, 6.07) is 12.3. The second kappa shape index (κ2) is 7.89. The van der Waals surface area contributed by atoms with Crippen molar-refractivity contribution in [1.29, 1.82) is 0 Å². The summed E-state index contributed by atoms with van der Waals surface area (Å²) in [5.74, 6) is 0.519. The van der Waals surface area contributed by atoms with Gasteiger partial charge in [0.2, 0.25) is 0 Å². The topological polar surface area (TPSA) is 76.5 Å². The Hall–Kier alpha value is -2.44. The van der Waals surface area contributed by atoms with E-state index in [1.54, 1.807) is 4.52 Å². The molecular formula is C21H26ClN5O. The number of benzene rings is 1. The number of aromatic nitrogens is 3. The van der Waals surface area contributed by atoms with Crippen molar-refractivity contribution < 1.29 is 4.79 Å². The van der Waals surface area contributed by atoms with Gasteiger partial charge in [-0.15, -0.1) is 12.4 Å². The highest BCUT2D eigenvalue weighted by Gasteiger charge is 2.37. The van der Waals surface area contributed by atoms with E-state index in [0.717, 1.165) is 11.4 Å². The lowest BCUT2D eigenvalue weighted by molar-refractivity contribution is 0.0787. The van der Waals surface area contributed by atoms with Crippen molar-refractivity contribution in [3.05, 3.63) is 64.6 Å². The molecule has 0 saturated carbocycles. The minimum atomic E-state index is -0.00289. The molecular weight excluding hydrogens is 374 g/mol. The molecule has 6 nitrogen and oxygen atoms in total. The molecule has 7 heteroatoms. The Morgan fingerprint density at radius 1 is 1.18 bits per heavy atom. The minimum Gasteiger partial charge on any atom is -0.337 e. The van der Waals surface area contributed by atoms with Crippen molar-refractivity contribution in [2.75, 3.05) is 19.6 Å². The minimum absolute atomic E-state index is 0. The Morgan fingerprint density at radius 2 is 1.89 bits per heavy atom. The quantitative estimate of drug-likeness (QED) is 0.734. The lowest BCUT2D eigenvalue weighted by atomic mass is 9.89. The van der Waals surface area contributed by atoms with Crippen molar-refractivity contribution in [3.63, 3.8) is 0 Å². The van der Waals surface area contributed by atoms with Crippen molar-refractivity contribution in [1.82, 2.24) is 19.5 Å². The number of carbonyl (C=O) groups excluding carboxylic acids is 1. The summed E-state index contributed by atoms with van der Waals surface area (Å²) < 4.78 is 1.76. The van der Waals surface area contributed by atoms with Gasteiger partial charge in [-0.2, -0.15) is 5.10 Å². The van der Waals surface area contributed by atoms with Gasteiger partial charge in [-0.3, -0.25) is 4.79 Å². The summed E-state index contributed by atoms with van der Waals surface area (Å²) in [4.78, 5) is 19.9. The molecule has 0 unspecified atom stereocenters. The predicted molar refractivity (Wildman–Crippen MR) is 112 cm³/mol. The number of hydrogen-bond acceptors (Lipinski definition) is 4. The summed E-state index contributed by atoms with van der Waals surface area (Å²) in [7, 11) is 0. The van der Waals surface area contributed by atoms with Crippen LogP contribution in [0.3, 0.4) is 0 Å². The van der Waals surface area contributed by atoms with Gasteiger partial charge in [0, 0.05) is 30.4 Å². The van der Waals surface area contributed by atoms with E-state index in [9.17, 15) is 4.79 Å². The summed E-state index contributed by atoms with van der Waals surface area (Å²) in [6.45, 7) is 7.70. The highest BCUT2D eigenvalue weighted by molar-refractivity contribution is 6.01. The van der Waals surface area contributed by atoms with E-state index in [-0.39, 0.29) is 30.2 Å². The fourth-order valence-corrected chi connectivity index (χ4v) is 4.19. The Morgan fingerprint density at radius 3 is 2.57 bits per heavy atom. The summed E-state index contributed by atoms with van der Waals surface area (Å²) >= 11 is 0. The zero-order chi connectivity index (χ0) is 19.1. The molecule has 4 rings (SSSR count). The second-order valence-electron chi connectivity index (χ2n) is 7.46. The molecule has 1 aliphatic rings. The number of nitrogens with two attached hydrogens (primary N) is 1. The molecule has 0 spiro atoms. The summed E-state index contributed by atoms with van der Waals surface area (Å²) in [5, 5.41) is 4.54. The maximum absolute atomic E-state index is 13.4. The number of amides is 1. The van der Waals surface area contributed by atoms with Crippen LogP contribution >= 0.6 is 12.4 Å². The van der Waals surface area contributed by atoms with E-state index in [1.165, 1.54) is 5.56 Å². The van der Waals surface area contributed by atoms with Gasteiger partial charge in [0.15, 0.2) is 5.65 Å². The normalized spacial score (nSPS) is 19.1. The van der Waals surface area contributed by atoms with Crippen LogP contribution in [-0.2, 0) is 0 Å². The van der Waals surface area contributed by atoms with Gasteiger partial charge in [-0.05, 0) is 44.9 Å². The highest BCUT2D eigenvalue weighted by atomic mass is 35.5. The molecule has 1 aliphatic heterocycles. The van der Waals surface area contributed by atoms with Crippen LogP contribution in [0.1, 0.15) is 38.9 Å². The van der Waals surface area contributed by atoms with Crippen LogP contribution in [-0.4, -0.2) is 45.0 Å². The first-order valence-corrected chi connectivity index (χ1v) is 9.37. The van der Waals surface area contributed by atoms with Crippen molar-refractivity contribution in [2.24, 2.45) is 11.7 Å². The largest absolute Gasteiger partial charge is 0.337 e. The molecule has 1 saturated heterocycles. The van der Waals surface area contributed by atoms with E-state index in [4.69, 9.17) is 5.73 Å². The van der Waals surface area contributed by atoms with Crippen LogP contribution in [0.2, 0.25) is 0 Å². The molecule has 0 aliphatic carbocycles. The van der Waals surface area contributed by atoms with Crippen molar-refractivity contribution in [2.45, 2.75) is 26.7 Å². The van der Waals surface area contributed by atoms with Crippen molar-refractivity contribution >= 4 is 24.0 Å². The zero-order valence-corrected chi connectivity index (χ0v) is 17.2. The van der Waals surface area contributed by atoms with E-state index in [1.807, 2.05) is 49.9 Å². The number of carbonyl (C=O) groups is 1.